The van der Waals surface area contributed by atoms with Crippen LogP contribution in [0.15, 0.2) is 41.3 Å². The highest BCUT2D eigenvalue weighted by molar-refractivity contribution is 7.89. The van der Waals surface area contributed by atoms with Crippen LogP contribution in [-0.2, 0) is 10.0 Å². The maximum Gasteiger partial charge on any atom is 0.251 e. The maximum absolute atomic E-state index is 12.3. The lowest BCUT2D eigenvalue weighted by Crippen LogP contribution is -2.34. The van der Waals surface area contributed by atoms with Gasteiger partial charge in [-0.2, -0.15) is 0 Å². The first kappa shape index (κ1) is 18.8. The number of phenolic OH excluding ortho intramolecular Hbond substituents is 2. The van der Waals surface area contributed by atoms with Crippen LogP contribution in [0.3, 0.4) is 0 Å². The second-order valence-electron chi connectivity index (χ2n) is 5.66. The van der Waals surface area contributed by atoms with Gasteiger partial charge in [0.05, 0.1) is 4.90 Å². The number of carbonyl (C=O) groups excluding carboxylic acids is 1. The number of aromatic hydroxyl groups is 2. The third kappa shape index (κ3) is 4.94. The van der Waals surface area contributed by atoms with Crippen molar-refractivity contribution >= 4 is 15.9 Å². The van der Waals surface area contributed by atoms with Gasteiger partial charge in [0.15, 0.2) is 0 Å². The Morgan fingerprint density at radius 2 is 1.64 bits per heavy atom. The van der Waals surface area contributed by atoms with Crippen LogP contribution >= 0.6 is 0 Å². The van der Waals surface area contributed by atoms with Gasteiger partial charge in [-0.1, -0.05) is 17.7 Å². The molecule has 0 aromatic heterocycles. The molecule has 4 N–H and O–H groups in total. The van der Waals surface area contributed by atoms with E-state index in [9.17, 15) is 23.4 Å². The second-order valence-corrected chi connectivity index (χ2v) is 7.40. The molecule has 1 amide bonds. The molecule has 0 aliphatic carbocycles. The Kier molecular flexibility index (Phi) is 5.66. The molecule has 2 rings (SSSR count). The van der Waals surface area contributed by atoms with Gasteiger partial charge in [0.1, 0.15) is 11.5 Å². The van der Waals surface area contributed by atoms with Crippen LogP contribution in [0, 0.1) is 13.8 Å². The fourth-order valence-corrected chi connectivity index (χ4v) is 3.62. The number of hydrogen-bond acceptors (Lipinski definition) is 5. The molecule has 7 nitrogen and oxygen atoms in total. The molecule has 2 aromatic carbocycles. The average molecular weight is 364 g/mol. The summed E-state index contributed by atoms with van der Waals surface area (Å²) in [5, 5.41) is 21.2. The highest BCUT2D eigenvalue weighted by atomic mass is 32.2. The highest BCUT2D eigenvalue weighted by Crippen LogP contribution is 2.20. The van der Waals surface area contributed by atoms with Gasteiger partial charge >= 0.3 is 0 Å². The lowest BCUT2D eigenvalue weighted by atomic mass is 10.2. The van der Waals surface area contributed by atoms with Crippen LogP contribution in [0.2, 0.25) is 0 Å². The number of nitrogens with one attached hydrogen (secondary N) is 2. The summed E-state index contributed by atoms with van der Waals surface area (Å²) in [6, 6.07) is 8.56. The number of amides is 1. The zero-order valence-corrected chi connectivity index (χ0v) is 14.7. The third-order valence-electron chi connectivity index (χ3n) is 3.49. The Hall–Kier alpha value is -2.58. The average Bonchev–Trinajstić information content (AvgIpc) is 2.50. The molecule has 0 aliphatic heterocycles. The summed E-state index contributed by atoms with van der Waals surface area (Å²) in [5.74, 6) is -1.00. The minimum Gasteiger partial charge on any atom is -0.508 e. The van der Waals surface area contributed by atoms with Crippen molar-refractivity contribution in [2.24, 2.45) is 0 Å². The van der Waals surface area contributed by atoms with Crippen LogP contribution in [0.5, 0.6) is 11.5 Å². The van der Waals surface area contributed by atoms with E-state index in [1.54, 1.807) is 25.1 Å². The summed E-state index contributed by atoms with van der Waals surface area (Å²) in [7, 11) is -3.67. The van der Waals surface area contributed by atoms with Crippen LogP contribution in [0.1, 0.15) is 21.5 Å². The van der Waals surface area contributed by atoms with Gasteiger partial charge in [-0.3, -0.25) is 4.79 Å². The van der Waals surface area contributed by atoms with Crippen LogP contribution in [0.4, 0.5) is 0 Å². The van der Waals surface area contributed by atoms with E-state index in [1.165, 1.54) is 12.1 Å². The molecule has 0 spiro atoms. The van der Waals surface area contributed by atoms with Crippen molar-refractivity contribution in [1.82, 2.24) is 10.0 Å². The molecule has 134 valence electrons. The van der Waals surface area contributed by atoms with E-state index in [0.29, 0.717) is 5.56 Å². The molecule has 0 saturated carbocycles. The molecular weight excluding hydrogens is 344 g/mol. The van der Waals surface area contributed by atoms with Gasteiger partial charge in [-0.15, -0.1) is 0 Å². The van der Waals surface area contributed by atoms with Crippen molar-refractivity contribution in [2.45, 2.75) is 18.7 Å². The van der Waals surface area contributed by atoms with Crippen LogP contribution in [-0.4, -0.2) is 37.6 Å². The van der Waals surface area contributed by atoms with Gasteiger partial charge in [0.25, 0.3) is 5.91 Å². The van der Waals surface area contributed by atoms with Gasteiger partial charge in [0.2, 0.25) is 10.0 Å². The first-order valence-corrected chi connectivity index (χ1v) is 9.05. The topological polar surface area (TPSA) is 116 Å². The molecule has 0 bridgehead atoms. The number of hydrogen-bond donors (Lipinski definition) is 4. The summed E-state index contributed by atoms with van der Waals surface area (Å²) >= 11 is 0. The Bertz CT molecular complexity index is 874. The van der Waals surface area contributed by atoms with Gasteiger partial charge in [0, 0.05) is 24.7 Å². The largest absolute Gasteiger partial charge is 0.508 e. The van der Waals surface area contributed by atoms with Crippen molar-refractivity contribution in [3.63, 3.8) is 0 Å². The highest BCUT2D eigenvalue weighted by Gasteiger charge is 2.16. The Morgan fingerprint density at radius 1 is 1.00 bits per heavy atom. The second kappa shape index (κ2) is 7.54. The van der Waals surface area contributed by atoms with E-state index >= 15 is 0 Å². The van der Waals surface area contributed by atoms with Crippen LogP contribution < -0.4 is 10.0 Å². The molecule has 0 fully saturated rings. The third-order valence-corrected chi connectivity index (χ3v) is 5.11. The van der Waals surface area contributed by atoms with Gasteiger partial charge in [-0.05, 0) is 37.6 Å². The zero-order valence-electron chi connectivity index (χ0n) is 13.9. The lowest BCUT2D eigenvalue weighted by molar-refractivity contribution is 0.0953. The molecule has 25 heavy (non-hydrogen) atoms. The Morgan fingerprint density at radius 3 is 2.24 bits per heavy atom. The molecule has 8 heteroatoms. The van der Waals surface area contributed by atoms with E-state index in [0.717, 1.165) is 11.6 Å². The fraction of sp³-hybridized carbons (Fsp3) is 0.235. The molecule has 0 saturated heterocycles. The predicted octanol–water partition coefficient (Wildman–Crippen LogP) is 1.42. The maximum atomic E-state index is 12.3. The predicted molar refractivity (Wildman–Crippen MR) is 93.2 cm³/mol. The van der Waals surface area contributed by atoms with Crippen LogP contribution in [0.25, 0.3) is 0 Å². The molecule has 0 atom stereocenters. The summed E-state index contributed by atoms with van der Waals surface area (Å²) in [4.78, 5) is 12.1. The van der Waals surface area contributed by atoms with Crippen molar-refractivity contribution in [1.29, 1.82) is 0 Å². The molecule has 0 aliphatic rings. The molecule has 0 heterocycles. The van der Waals surface area contributed by atoms with Gasteiger partial charge < -0.3 is 15.5 Å². The number of carbonyl (C=O) groups is 1. The van der Waals surface area contributed by atoms with Crippen molar-refractivity contribution < 1.29 is 23.4 Å². The fourth-order valence-electron chi connectivity index (χ4n) is 2.37. The first-order chi connectivity index (χ1) is 11.7. The van der Waals surface area contributed by atoms with E-state index in [2.05, 4.69) is 10.0 Å². The summed E-state index contributed by atoms with van der Waals surface area (Å²) in [6.45, 7) is 3.66. The number of aryl methyl sites for hydroxylation is 2. The quantitative estimate of drug-likeness (QED) is 0.579. The standard InChI is InChI=1S/C17H20N2O5S/c1-11-3-4-16(12(2)7-11)25(23,24)19-6-5-18-17(22)13-8-14(20)10-15(21)9-13/h3-4,7-10,19-21H,5-6H2,1-2H3,(H,18,22). The monoisotopic (exact) mass is 364 g/mol. The summed E-state index contributed by atoms with van der Waals surface area (Å²) in [6.07, 6.45) is 0. The van der Waals surface area contributed by atoms with E-state index in [1.807, 2.05) is 6.92 Å². The SMILES string of the molecule is Cc1ccc(S(=O)(=O)NCCNC(=O)c2cc(O)cc(O)c2)c(C)c1. The smallest absolute Gasteiger partial charge is 0.251 e. The molecule has 0 unspecified atom stereocenters. The van der Waals surface area contributed by atoms with Gasteiger partial charge in [-0.25, -0.2) is 13.1 Å². The Labute approximate surface area is 146 Å². The van der Waals surface area contributed by atoms with Crippen molar-refractivity contribution in [3.8, 4) is 11.5 Å². The minimum absolute atomic E-state index is 0.00614. The van der Waals surface area contributed by atoms with E-state index in [-0.39, 0.29) is 35.0 Å². The first-order valence-electron chi connectivity index (χ1n) is 7.57. The Balaban J connectivity index is 1.92. The lowest BCUT2D eigenvalue weighted by Gasteiger charge is -2.11. The number of rotatable bonds is 6. The molecule has 0 radical (unpaired) electrons. The van der Waals surface area contributed by atoms with E-state index in [4.69, 9.17) is 0 Å². The van der Waals surface area contributed by atoms with Crippen molar-refractivity contribution in [3.05, 3.63) is 53.1 Å². The normalized spacial score (nSPS) is 11.3. The minimum atomic E-state index is -3.67. The van der Waals surface area contributed by atoms with E-state index < -0.39 is 15.9 Å². The summed E-state index contributed by atoms with van der Waals surface area (Å²) < 4.78 is 27.0. The number of phenols is 2. The summed E-state index contributed by atoms with van der Waals surface area (Å²) in [5.41, 5.74) is 1.69. The van der Waals surface area contributed by atoms with Crippen molar-refractivity contribution in [2.75, 3.05) is 13.1 Å². The molecular formula is C17H20N2O5S. The number of sulfonamides is 1. The molecule has 2 aromatic rings. The zero-order chi connectivity index (χ0) is 18.6. The number of benzene rings is 2.